The molecule has 2 heterocycles. The third-order valence-corrected chi connectivity index (χ3v) is 3.93. The zero-order chi connectivity index (χ0) is 15.1. The minimum absolute atomic E-state index is 0.703. The van der Waals surface area contributed by atoms with Crippen LogP contribution in [0.1, 0.15) is 23.2 Å². The molecule has 4 nitrogen and oxygen atoms in total. The molecule has 0 atom stereocenters. The number of fused-ring (bicyclic) bond motifs is 1. The van der Waals surface area contributed by atoms with Crippen LogP contribution >= 0.6 is 0 Å². The van der Waals surface area contributed by atoms with Crippen LogP contribution in [0.4, 0.5) is 0 Å². The van der Waals surface area contributed by atoms with Crippen molar-refractivity contribution in [1.29, 1.82) is 0 Å². The summed E-state index contributed by atoms with van der Waals surface area (Å²) in [6.07, 6.45) is 6.97. The van der Waals surface area contributed by atoms with Gasteiger partial charge in [0.2, 0.25) is 0 Å². The summed E-state index contributed by atoms with van der Waals surface area (Å²) in [6, 6.07) is 8.20. The second-order valence-corrected chi connectivity index (χ2v) is 5.47. The molecule has 1 aromatic heterocycles. The molecule has 1 aliphatic heterocycles. The maximum absolute atomic E-state index is 10.4. The van der Waals surface area contributed by atoms with Crippen LogP contribution in [0.3, 0.4) is 0 Å². The van der Waals surface area contributed by atoms with Gasteiger partial charge >= 0.3 is 0 Å². The van der Waals surface area contributed by atoms with Crippen LogP contribution in [-0.2, 0) is 0 Å². The molecule has 0 radical (unpaired) electrons. The lowest BCUT2D eigenvalue weighted by atomic mass is 10.1. The first kappa shape index (κ1) is 15.6. The third kappa shape index (κ3) is 4.62. The van der Waals surface area contributed by atoms with Gasteiger partial charge in [0.25, 0.3) is 0 Å². The molecular formula is C17H23N3O. The van der Waals surface area contributed by atoms with E-state index in [4.69, 9.17) is 0 Å². The van der Waals surface area contributed by atoms with Crippen LogP contribution in [0, 0.1) is 0 Å². The van der Waals surface area contributed by atoms with Gasteiger partial charge in [-0.15, -0.1) is 0 Å². The van der Waals surface area contributed by atoms with E-state index in [2.05, 4.69) is 29.3 Å². The van der Waals surface area contributed by atoms with Crippen molar-refractivity contribution >= 4 is 17.1 Å². The zero-order valence-electron chi connectivity index (χ0n) is 12.7. The van der Waals surface area contributed by atoms with E-state index in [-0.39, 0.29) is 0 Å². The molecule has 0 aliphatic carbocycles. The van der Waals surface area contributed by atoms with Crippen LogP contribution < -0.4 is 5.32 Å². The van der Waals surface area contributed by atoms with Crippen molar-refractivity contribution in [2.45, 2.75) is 18.9 Å². The number of aromatic nitrogens is 1. The number of nitrogens with zero attached hydrogens (tertiary/aromatic N) is 2. The van der Waals surface area contributed by atoms with Crippen LogP contribution in [0.15, 0.2) is 36.7 Å². The van der Waals surface area contributed by atoms with Crippen molar-refractivity contribution in [3.8, 4) is 0 Å². The van der Waals surface area contributed by atoms with Crippen LogP contribution in [-0.4, -0.2) is 49.4 Å². The Bertz CT molecular complexity index is 577. The highest BCUT2D eigenvalue weighted by Gasteiger charge is 2.13. The molecule has 0 bridgehead atoms. The number of piperidine rings is 1. The van der Waals surface area contributed by atoms with E-state index in [1.54, 1.807) is 18.5 Å². The number of aldehydes is 1. The first-order chi connectivity index (χ1) is 10.2. The maximum atomic E-state index is 10.4. The van der Waals surface area contributed by atoms with Crippen LogP contribution in [0.2, 0.25) is 0 Å². The summed E-state index contributed by atoms with van der Waals surface area (Å²) in [5, 5.41) is 5.41. The third-order valence-electron chi connectivity index (χ3n) is 3.93. The number of rotatable bonds is 2. The van der Waals surface area contributed by atoms with E-state index in [0.29, 0.717) is 5.56 Å². The van der Waals surface area contributed by atoms with Crippen LogP contribution in [0.5, 0.6) is 0 Å². The first-order valence-corrected chi connectivity index (χ1v) is 7.37. The topological polar surface area (TPSA) is 45.2 Å². The van der Waals surface area contributed by atoms with Gasteiger partial charge in [-0.2, -0.15) is 0 Å². The SMILES string of the molecule is CNC1CCN(C)CC1.O=Cc1ccc2cnccc2c1. The van der Waals surface area contributed by atoms with Gasteiger partial charge in [0, 0.05) is 29.4 Å². The summed E-state index contributed by atoms with van der Waals surface area (Å²) in [5.74, 6) is 0. The Balaban J connectivity index is 0.000000161. The molecule has 3 rings (SSSR count). The van der Waals surface area contributed by atoms with Gasteiger partial charge in [-0.3, -0.25) is 9.78 Å². The number of pyridine rings is 1. The fraction of sp³-hybridized carbons (Fsp3) is 0.412. The number of nitrogens with one attached hydrogen (secondary N) is 1. The monoisotopic (exact) mass is 285 g/mol. The van der Waals surface area contributed by atoms with Crippen molar-refractivity contribution in [2.24, 2.45) is 0 Å². The zero-order valence-corrected chi connectivity index (χ0v) is 12.7. The highest BCUT2D eigenvalue weighted by atomic mass is 16.1. The van der Waals surface area contributed by atoms with E-state index in [0.717, 1.165) is 23.1 Å². The van der Waals surface area contributed by atoms with E-state index in [9.17, 15) is 4.79 Å². The Morgan fingerprint density at radius 2 is 2.00 bits per heavy atom. The van der Waals surface area contributed by atoms with Crippen molar-refractivity contribution in [3.63, 3.8) is 0 Å². The summed E-state index contributed by atoms with van der Waals surface area (Å²) in [5.41, 5.74) is 0.703. The van der Waals surface area contributed by atoms with Crippen molar-refractivity contribution in [1.82, 2.24) is 15.2 Å². The number of hydrogen-bond donors (Lipinski definition) is 1. The number of hydrogen-bond acceptors (Lipinski definition) is 4. The predicted octanol–water partition coefficient (Wildman–Crippen LogP) is 2.35. The van der Waals surface area contributed by atoms with Gasteiger partial charge in [0.05, 0.1) is 0 Å². The average molecular weight is 285 g/mol. The number of likely N-dealkylation sites (tertiary alicyclic amines) is 1. The highest BCUT2D eigenvalue weighted by Crippen LogP contribution is 2.12. The lowest BCUT2D eigenvalue weighted by molar-refractivity contribution is 0.112. The summed E-state index contributed by atoms with van der Waals surface area (Å²) < 4.78 is 0. The molecule has 1 N–H and O–H groups in total. The quantitative estimate of drug-likeness (QED) is 0.860. The molecule has 1 saturated heterocycles. The number of benzene rings is 1. The Morgan fingerprint density at radius 3 is 2.67 bits per heavy atom. The summed E-state index contributed by atoms with van der Waals surface area (Å²) in [4.78, 5) is 16.8. The highest BCUT2D eigenvalue weighted by molar-refractivity contribution is 5.88. The molecule has 0 saturated carbocycles. The molecule has 4 heteroatoms. The molecule has 1 fully saturated rings. The fourth-order valence-electron chi connectivity index (χ4n) is 2.47. The summed E-state index contributed by atoms with van der Waals surface area (Å²) in [7, 11) is 4.24. The van der Waals surface area contributed by atoms with Crippen molar-refractivity contribution in [3.05, 3.63) is 42.2 Å². The van der Waals surface area contributed by atoms with Crippen molar-refractivity contribution in [2.75, 3.05) is 27.2 Å². The van der Waals surface area contributed by atoms with Gasteiger partial charge in [-0.25, -0.2) is 0 Å². The largest absolute Gasteiger partial charge is 0.317 e. The smallest absolute Gasteiger partial charge is 0.150 e. The second-order valence-electron chi connectivity index (χ2n) is 5.47. The minimum Gasteiger partial charge on any atom is -0.317 e. The summed E-state index contributed by atoms with van der Waals surface area (Å²) in [6.45, 7) is 2.51. The predicted molar refractivity (Wildman–Crippen MR) is 86.7 cm³/mol. The maximum Gasteiger partial charge on any atom is 0.150 e. The van der Waals surface area contributed by atoms with E-state index in [1.165, 1.54) is 25.9 Å². The molecule has 2 aromatic rings. The minimum atomic E-state index is 0.703. The van der Waals surface area contributed by atoms with Gasteiger partial charge in [0.1, 0.15) is 6.29 Å². The fourth-order valence-corrected chi connectivity index (χ4v) is 2.47. The van der Waals surface area contributed by atoms with Crippen molar-refractivity contribution < 1.29 is 4.79 Å². The number of carbonyl (C=O) groups excluding carboxylic acids is 1. The first-order valence-electron chi connectivity index (χ1n) is 7.37. The molecule has 0 amide bonds. The lowest BCUT2D eigenvalue weighted by Crippen LogP contribution is -2.39. The molecule has 1 aromatic carbocycles. The van der Waals surface area contributed by atoms with E-state index >= 15 is 0 Å². The normalized spacial score (nSPS) is 16.3. The Hall–Kier alpha value is -1.78. The second kappa shape index (κ2) is 7.86. The van der Waals surface area contributed by atoms with Gasteiger partial charge in [-0.1, -0.05) is 12.1 Å². The van der Waals surface area contributed by atoms with Crippen LogP contribution in [0.25, 0.3) is 10.8 Å². The van der Waals surface area contributed by atoms with Gasteiger partial charge in [-0.05, 0) is 57.5 Å². The summed E-state index contributed by atoms with van der Waals surface area (Å²) >= 11 is 0. The average Bonchev–Trinajstić information content (AvgIpc) is 2.55. The Labute approximate surface area is 126 Å². The molecule has 1 aliphatic rings. The van der Waals surface area contributed by atoms with E-state index < -0.39 is 0 Å². The van der Waals surface area contributed by atoms with Gasteiger partial charge < -0.3 is 10.2 Å². The number of carbonyl (C=O) groups is 1. The Morgan fingerprint density at radius 1 is 1.24 bits per heavy atom. The molecule has 0 spiro atoms. The lowest BCUT2D eigenvalue weighted by Gasteiger charge is -2.28. The molecule has 112 valence electrons. The molecule has 0 unspecified atom stereocenters. The standard InChI is InChI=1S/C10H7NO.C7H16N2/c12-7-8-1-2-10-6-11-4-3-9(10)5-8;1-8-7-3-5-9(2)6-4-7/h1-7H;7-8H,3-6H2,1-2H3. The molecular weight excluding hydrogens is 262 g/mol. The molecule has 21 heavy (non-hydrogen) atoms. The van der Waals surface area contributed by atoms with E-state index in [1.807, 2.05) is 18.2 Å². The Kier molecular flexibility index (Phi) is 5.84. The van der Waals surface area contributed by atoms with Gasteiger partial charge in [0.15, 0.2) is 0 Å².